The van der Waals surface area contributed by atoms with E-state index in [1.807, 2.05) is 0 Å². The number of nitrogens with one attached hydrogen (secondary N) is 1. The molecule has 1 aliphatic rings. The number of halogens is 1. The van der Waals surface area contributed by atoms with Crippen LogP contribution in [0.1, 0.15) is 41.5 Å². The summed E-state index contributed by atoms with van der Waals surface area (Å²) in [6.45, 7) is 2.70. The SMILES string of the molecule is Cc1cc(Br)cc(NC(CN)c2ccccc2C2CC2)c1. The first-order valence-corrected chi connectivity index (χ1v) is 8.29. The average Bonchev–Trinajstić information content (AvgIpc) is 3.28. The van der Waals surface area contributed by atoms with Crippen molar-refractivity contribution in [2.24, 2.45) is 5.73 Å². The van der Waals surface area contributed by atoms with E-state index >= 15 is 0 Å². The lowest BCUT2D eigenvalue weighted by atomic mass is 9.97. The van der Waals surface area contributed by atoms with Gasteiger partial charge in [0.2, 0.25) is 0 Å². The van der Waals surface area contributed by atoms with Gasteiger partial charge >= 0.3 is 0 Å². The van der Waals surface area contributed by atoms with Gasteiger partial charge in [0, 0.05) is 16.7 Å². The van der Waals surface area contributed by atoms with Crippen molar-refractivity contribution in [2.45, 2.75) is 31.7 Å². The third-order valence-electron chi connectivity index (χ3n) is 4.01. The monoisotopic (exact) mass is 344 g/mol. The number of rotatable bonds is 5. The second-order valence-corrected chi connectivity index (χ2v) is 6.77. The minimum atomic E-state index is 0.162. The molecule has 0 bridgehead atoms. The van der Waals surface area contributed by atoms with Crippen LogP contribution in [0.15, 0.2) is 46.9 Å². The van der Waals surface area contributed by atoms with E-state index in [4.69, 9.17) is 5.73 Å². The molecule has 2 aromatic carbocycles. The summed E-state index contributed by atoms with van der Waals surface area (Å²) in [6, 6.07) is 15.2. The molecule has 1 fully saturated rings. The van der Waals surface area contributed by atoms with Gasteiger partial charge in [-0.1, -0.05) is 40.2 Å². The first-order chi connectivity index (χ1) is 10.2. The lowest BCUT2D eigenvalue weighted by molar-refractivity contribution is 0.775. The Kier molecular flexibility index (Phi) is 4.32. The van der Waals surface area contributed by atoms with Gasteiger partial charge in [0.25, 0.3) is 0 Å². The van der Waals surface area contributed by atoms with Gasteiger partial charge in [-0.15, -0.1) is 0 Å². The van der Waals surface area contributed by atoms with E-state index in [-0.39, 0.29) is 6.04 Å². The van der Waals surface area contributed by atoms with Crippen molar-refractivity contribution in [3.63, 3.8) is 0 Å². The Hall–Kier alpha value is -1.32. The highest BCUT2D eigenvalue weighted by atomic mass is 79.9. The molecule has 3 heteroatoms. The van der Waals surface area contributed by atoms with E-state index in [1.165, 1.54) is 29.5 Å². The number of anilines is 1. The number of hydrogen-bond donors (Lipinski definition) is 2. The molecular weight excluding hydrogens is 324 g/mol. The fourth-order valence-electron chi connectivity index (χ4n) is 2.88. The Morgan fingerprint density at radius 2 is 2.00 bits per heavy atom. The van der Waals surface area contributed by atoms with Gasteiger partial charge in [0.1, 0.15) is 0 Å². The van der Waals surface area contributed by atoms with Gasteiger partial charge in [-0.25, -0.2) is 0 Å². The molecule has 0 amide bonds. The van der Waals surface area contributed by atoms with Crippen LogP contribution in [0.2, 0.25) is 0 Å². The van der Waals surface area contributed by atoms with Gasteiger partial charge in [-0.2, -0.15) is 0 Å². The van der Waals surface area contributed by atoms with Crippen LogP contribution in [-0.4, -0.2) is 6.54 Å². The molecule has 3 N–H and O–H groups in total. The van der Waals surface area contributed by atoms with Crippen LogP contribution < -0.4 is 11.1 Å². The van der Waals surface area contributed by atoms with Crippen molar-refractivity contribution in [3.05, 3.63) is 63.6 Å². The minimum absolute atomic E-state index is 0.162. The van der Waals surface area contributed by atoms with E-state index < -0.39 is 0 Å². The normalized spacial score (nSPS) is 15.8. The maximum Gasteiger partial charge on any atom is 0.0638 e. The number of nitrogens with two attached hydrogens (primary N) is 1. The topological polar surface area (TPSA) is 38.0 Å². The van der Waals surface area contributed by atoms with Crippen LogP contribution in [0.4, 0.5) is 5.69 Å². The quantitative estimate of drug-likeness (QED) is 0.821. The highest BCUT2D eigenvalue weighted by Crippen LogP contribution is 2.43. The predicted octanol–water partition coefficient (Wildman–Crippen LogP) is 4.75. The minimum Gasteiger partial charge on any atom is -0.377 e. The lowest BCUT2D eigenvalue weighted by Crippen LogP contribution is -2.21. The van der Waals surface area contributed by atoms with Crippen LogP contribution in [0.25, 0.3) is 0 Å². The highest BCUT2D eigenvalue weighted by Gasteiger charge is 2.27. The van der Waals surface area contributed by atoms with Crippen molar-refractivity contribution in [3.8, 4) is 0 Å². The molecule has 0 spiro atoms. The molecule has 2 nitrogen and oxygen atoms in total. The lowest BCUT2D eigenvalue weighted by Gasteiger charge is -2.22. The molecule has 0 radical (unpaired) electrons. The summed E-state index contributed by atoms with van der Waals surface area (Å²) in [5, 5.41) is 3.59. The third kappa shape index (κ3) is 3.47. The first kappa shape index (κ1) is 14.6. The van der Waals surface area contributed by atoms with E-state index in [2.05, 4.69) is 70.6 Å². The van der Waals surface area contributed by atoms with Crippen LogP contribution in [-0.2, 0) is 0 Å². The fourth-order valence-corrected chi connectivity index (χ4v) is 3.49. The Morgan fingerprint density at radius 3 is 2.67 bits per heavy atom. The summed E-state index contributed by atoms with van der Waals surface area (Å²) < 4.78 is 1.09. The van der Waals surface area contributed by atoms with Crippen LogP contribution in [0, 0.1) is 6.92 Å². The van der Waals surface area contributed by atoms with Gasteiger partial charge in [0.05, 0.1) is 6.04 Å². The molecule has 110 valence electrons. The van der Waals surface area contributed by atoms with Crippen molar-refractivity contribution in [1.82, 2.24) is 0 Å². The summed E-state index contributed by atoms with van der Waals surface area (Å²) in [5.41, 5.74) is 11.2. The standard InChI is InChI=1S/C18H21BrN2/c1-12-8-14(19)10-15(9-12)21-18(11-20)17-5-3-2-4-16(17)13-6-7-13/h2-5,8-10,13,18,21H,6-7,11,20H2,1H3. The molecule has 0 heterocycles. The van der Waals surface area contributed by atoms with E-state index in [9.17, 15) is 0 Å². The zero-order valence-electron chi connectivity index (χ0n) is 12.3. The molecule has 1 unspecified atom stereocenters. The van der Waals surface area contributed by atoms with Crippen molar-refractivity contribution in [2.75, 3.05) is 11.9 Å². The summed E-state index contributed by atoms with van der Waals surface area (Å²) in [4.78, 5) is 0. The molecule has 3 rings (SSSR count). The predicted molar refractivity (Wildman–Crippen MR) is 92.7 cm³/mol. The van der Waals surface area contributed by atoms with Crippen molar-refractivity contribution >= 4 is 21.6 Å². The molecule has 0 saturated heterocycles. The molecule has 2 aromatic rings. The maximum atomic E-state index is 6.04. The third-order valence-corrected chi connectivity index (χ3v) is 4.47. The van der Waals surface area contributed by atoms with Crippen molar-refractivity contribution < 1.29 is 0 Å². The van der Waals surface area contributed by atoms with Gasteiger partial charge in [-0.05, 0) is 60.6 Å². The fraction of sp³-hybridized carbons (Fsp3) is 0.333. The van der Waals surface area contributed by atoms with Gasteiger partial charge < -0.3 is 11.1 Å². The summed E-state index contributed by atoms with van der Waals surface area (Å²) >= 11 is 3.56. The Balaban J connectivity index is 1.88. The second kappa shape index (κ2) is 6.20. The largest absolute Gasteiger partial charge is 0.377 e. The second-order valence-electron chi connectivity index (χ2n) is 5.85. The summed E-state index contributed by atoms with van der Waals surface area (Å²) in [6.07, 6.45) is 2.62. The van der Waals surface area contributed by atoms with E-state index in [1.54, 1.807) is 0 Å². The van der Waals surface area contributed by atoms with Crippen molar-refractivity contribution in [1.29, 1.82) is 0 Å². The van der Waals surface area contributed by atoms with Crippen LogP contribution in [0.5, 0.6) is 0 Å². The maximum absolute atomic E-state index is 6.04. The highest BCUT2D eigenvalue weighted by molar-refractivity contribution is 9.10. The first-order valence-electron chi connectivity index (χ1n) is 7.50. The van der Waals surface area contributed by atoms with Crippen LogP contribution >= 0.6 is 15.9 Å². The van der Waals surface area contributed by atoms with E-state index in [0.29, 0.717) is 6.54 Å². The van der Waals surface area contributed by atoms with Gasteiger partial charge in [0.15, 0.2) is 0 Å². The van der Waals surface area contributed by atoms with Gasteiger partial charge in [-0.3, -0.25) is 0 Å². The molecule has 1 atom stereocenters. The number of hydrogen-bond acceptors (Lipinski definition) is 2. The molecular formula is C18H21BrN2. The number of aryl methyl sites for hydroxylation is 1. The summed E-state index contributed by atoms with van der Waals surface area (Å²) in [5.74, 6) is 0.737. The average molecular weight is 345 g/mol. The Labute approximate surface area is 134 Å². The van der Waals surface area contributed by atoms with E-state index in [0.717, 1.165) is 16.1 Å². The molecule has 0 aliphatic heterocycles. The van der Waals surface area contributed by atoms with Crippen LogP contribution in [0.3, 0.4) is 0 Å². The smallest absolute Gasteiger partial charge is 0.0638 e. The zero-order chi connectivity index (χ0) is 14.8. The zero-order valence-corrected chi connectivity index (χ0v) is 13.9. The molecule has 1 aliphatic carbocycles. The number of benzene rings is 2. The molecule has 1 saturated carbocycles. The molecule has 0 aromatic heterocycles. The Bertz CT molecular complexity index is 615. The molecule has 21 heavy (non-hydrogen) atoms. The Morgan fingerprint density at radius 1 is 1.24 bits per heavy atom. The summed E-state index contributed by atoms with van der Waals surface area (Å²) in [7, 11) is 0.